The van der Waals surface area contributed by atoms with Gasteiger partial charge >= 0.3 is 0 Å². The molecule has 2 aromatic carbocycles. The first-order valence-electron chi connectivity index (χ1n) is 8.37. The second-order valence-electron chi connectivity index (χ2n) is 5.97. The first-order chi connectivity index (χ1) is 11.9. The molecule has 0 aliphatic carbocycles. The summed E-state index contributed by atoms with van der Waals surface area (Å²) in [7, 11) is -3.67. The number of ether oxygens (including phenoxy) is 1. The molecule has 0 aliphatic rings. The quantitative estimate of drug-likeness (QED) is 0.718. The smallest absolute Gasteiger partial charge is 0.240 e. The molecule has 0 fully saturated rings. The van der Waals surface area contributed by atoms with Crippen molar-refractivity contribution in [2.75, 3.05) is 13.2 Å². The molecule has 0 aromatic heterocycles. The van der Waals surface area contributed by atoms with Gasteiger partial charge in [0.25, 0.3) is 0 Å². The highest BCUT2D eigenvalue weighted by atomic mass is 32.2. The van der Waals surface area contributed by atoms with E-state index in [1.807, 2.05) is 44.2 Å². The Hall–Kier alpha value is -1.89. The van der Waals surface area contributed by atoms with Crippen LogP contribution in [0.3, 0.4) is 0 Å². The van der Waals surface area contributed by atoms with Crippen LogP contribution in [0.4, 0.5) is 0 Å². The number of rotatable bonds is 9. The second kappa shape index (κ2) is 8.99. The molecule has 1 unspecified atom stereocenters. The molecule has 136 valence electrons. The molecule has 2 aromatic rings. The summed E-state index contributed by atoms with van der Waals surface area (Å²) in [5, 5.41) is 10.1. The van der Waals surface area contributed by atoms with E-state index in [0.717, 1.165) is 17.5 Å². The number of nitrogens with one attached hydrogen (secondary N) is 1. The largest absolute Gasteiger partial charge is 0.493 e. The molecule has 0 saturated heterocycles. The maximum Gasteiger partial charge on any atom is 0.240 e. The summed E-state index contributed by atoms with van der Waals surface area (Å²) >= 11 is 0. The molecule has 2 rings (SSSR count). The number of sulfonamides is 1. The van der Waals surface area contributed by atoms with Crippen LogP contribution in [-0.2, 0) is 16.4 Å². The lowest BCUT2D eigenvalue weighted by molar-refractivity contribution is 0.179. The van der Waals surface area contributed by atoms with Crippen LogP contribution in [0, 0.1) is 6.92 Å². The van der Waals surface area contributed by atoms with Gasteiger partial charge in [-0.25, -0.2) is 13.1 Å². The number of benzene rings is 2. The molecular weight excluding hydrogens is 338 g/mol. The van der Waals surface area contributed by atoms with E-state index in [2.05, 4.69) is 4.72 Å². The van der Waals surface area contributed by atoms with Crippen LogP contribution in [0.1, 0.15) is 24.5 Å². The van der Waals surface area contributed by atoms with Gasteiger partial charge in [0, 0.05) is 6.54 Å². The topological polar surface area (TPSA) is 75.6 Å². The minimum Gasteiger partial charge on any atom is -0.493 e. The van der Waals surface area contributed by atoms with E-state index in [4.69, 9.17) is 4.74 Å². The third-order valence-corrected chi connectivity index (χ3v) is 5.16. The molecule has 0 radical (unpaired) electrons. The zero-order valence-corrected chi connectivity index (χ0v) is 15.4. The average Bonchev–Trinajstić information content (AvgIpc) is 2.60. The molecular formula is C19H25NO4S. The van der Waals surface area contributed by atoms with Crippen LogP contribution in [-0.4, -0.2) is 32.8 Å². The summed E-state index contributed by atoms with van der Waals surface area (Å²) in [6.45, 7) is 4.38. The van der Waals surface area contributed by atoms with E-state index in [0.29, 0.717) is 18.8 Å². The zero-order valence-electron chi connectivity index (χ0n) is 14.6. The normalized spacial score (nSPS) is 12.8. The summed E-state index contributed by atoms with van der Waals surface area (Å²) in [6.07, 6.45) is 0.498. The Morgan fingerprint density at radius 3 is 2.52 bits per heavy atom. The van der Waals surface area contributed by atoms with E-state index in [9.17, 15) is 13.5 Å². The number of hydrogen-bond donors (Lipinski definition) is 2. The monoisotopic (exact) mass is 363 g/mol. The SMILES string of the molecule is CCCOc1ccc(S(=O)(=O)NCC(O)Cc2ccccc2)cc1C. The van der Waals surface area contributed by atoms with Crippen LogP contribution in [0.15, 0.2) is 53.4 Å². The van der Waals surface area contributed by atoms with E-state index in [1.165, 1.54) is 6.07 Å². The summed E-state index contributed by atoms with van der Waals surface area (Å²) in [5.41, 5.74) is 1.73. The van der Waals surface area contributed by atoms with Gasteiger partial charge in [0.15, 0.2) is 0 Å². The Kier molecular flexibility index (Phi) is 6.99. The van der Waals surface area contributed by atoms with E-state index >= 15 is 0 Å². The summed E-state index contributed by atoms with van der Waals surface area (Å²) in [5.74, 6) is 0.685. The molecule has 6 heteroatoms. The van der Waals surface area contributed by atoms with Crippen molar-refractivity contribution >= 4 is 10.0 Å². The lowest BCUT2D eigenvalue weighted by Gasteiger charge is -2.14. The van der Waals surface area contributed by atoms with Gasteiger partial charge in [-0.3, -0.25) is 0 Å². The van der Waals surface area contributed by atoms with E-state index in [1.54, 1.807) is 12.1 Å². The van der Waals surface area contributed by atoms with Crippen LogP contribution < -0.4 is 9.46 Å². The van der Waals surface area contributed by atoms with Gasteiger partial charge in [-0.15, -0.1) is 0 Å². The van der Waals surface area contributed by atoms with Gasteiger partial charge in [-0.1, -0.05) is 37.3 Å². The van der Waals surface area contributed by atoms with Gasteiger partial charge < -0.3 is 9.84 Å². The van der Waals surface area contributed by atoms with Crippen LogP contribution in [0.5, 0.6) is 5.75 Å². The number of hydrogen-bond acceptors (Lipinski definition) is 4. The Bertz CT molecular complexity index is 775. The highest BCUT2D eigenvalue weighted by molar-refractivity contribution is 7.89. The second-order valence-corrected chi connectivity index (χ2v) is 7.74. The number of aliphatic hydroxyl groups is 1. The van der Waals surface area contributed by atoms with Gasteiger partial charge in [0.05, 0.1) is 17.6 Å². The first kappa shape index (κ1) is 19.4. The maximum absolute atomic E-state index is 12.4. The molecule has 2 N–H and O–H groups in total. The third kappa shape index (κ3) is 5.85. The number of aliphatic hydroxyl groups excluding tert-OH is 1. The molecule has 0 bridgehead atoms. The highest BCUT2D eigenvalue weighted by Gasteiger charge is 2.17. The van der Waals surface area contributed by atoms with Crippen LogP contribution in [0.25, 0.3) is 0 Å². The number of aryl methyl sites for hydroxylation is 1. The molecule has 25 heavy (non-hydrogen) atoms. The van der Waals surface area contributed by atoms with E-state index in [-0.39, 0.29) is 11.4 Å². The van der Waals surface area contributed by atoms with Gasteiger partial charge in [0.1, 0.15) is 5.75 Å². The Morgan fingerprint density at radius 1 is 1.16 bits per heavy atom. The molecule has 0 amide bonds. The summed E-state index contributed by atoms with van der Waals surface area (Å²) in [6, 6.07) is 14.2. The van der Waals surface area contributed by atoms with Crippen molar-refractivity contribution in [2.45, 2.75) is 37.7 Å². The summed E-state index contributed by atoms with van der Waals surface area (Å²) in [4.78, 5) is 0.167. The third-order valence-electron chi connectivity index (χ3n) is 3.74. The van der Waals surface area contributed by atoms with Crippen molar-refractivity contribution in [2.24, 2.45) is 0 Å². The van der Waals surface area contributed by atoms with Crippen molar-refractivity contribution < 1.29 is 18.3 Å². The Balaban J connectivity index is 1.97. The van der Waals surface area contributed by atoms with Crippen molar-refractivity contribution in [1.82, 2.24) is 4.72 Å². The van der Waals surface area contributed by atoms with Crippen molar-refractivity contribution in [3.63, 3.8) is 0 Å². The Labute approximate surface area is 149 Å². The van der Waals surface area contributed by atoms with Gasteiger partial charge in [0.2, 0.25) is 10.0 Å². The van der Waals surface area contributed by atoms with E-state index < -0.39 is 16.1 Å². The molecule has 5 nitrogen and oxygen atoms in total. The maximum atomic E-state index is 12.4. The first-order valence-corrected chi connectivity index (χ1v) is 9.86. The van der Waals surface area contributed by atoms with Crippen LogP contribution >= 0.6 is 0 Å². The van der Waals surface area contributed by atoms with Gasteiger partial charge in [-0.05, 0) is 49.1 Å². The van der Waals surface area contributed by atoms with Crippen molar-refractivity contribution in [1.29, 1.82) is 0 Å². The highest BCUT2D eigenvalue weighted by Crippen LogP contribution is 2.22. The lowest BCUT2D eigenvalue weighted by Crippen LogP contribution is -2.33. The minimum absolute atomic E-state index is 0.0373. The van der Waals surface area contributed by atoms with Gasteiger partial charge in [-0.2, -0.15) is 0 Å². The molecule has 0 saturated carbocycles. The van der Waals surface area contributed by atoms with Crippen LogP contribution in [0.2, 0.25) is 0 Å². The fraction of sp³-hybridized carbons (Fsp3) is 0.368. The lowest BCUT2D eigenvalue weighted by atomic mass is 10.1. The molecule has 0 heterocycles. The fourth-order valence-corrected chi connectivity index (χ4v) is 3.57. The molecule has 0 spiro atoms. The predicted octanol–water partition coefficient (Wildman–Crippen LogP) is 2.67. The molecule has 0 aliphatic heterocycles. The standard InChI is InChI=1S/C19H25NO4S/c1-3-11-24-19-10-9-18(12-15(19)2)25(22,23)20-14-17(21)13-16-7-5-4-6-8-16/h4-10,12,17,20-21H,3,11,13-14H2,1-2H3. The fourth-order valence-electron chi connectivity index (χ4n) is 2.41. The summed E-state index contributed by atoms with van der Waals surface area (Å²) < 4.78 is 32.8. The van der Waals surface area contributed by atoms with Crippen molar-refractivity contribution in [3.05, 3.63) is 59.7 Å². The predicted molar refractivity (Wildman–Crippen MR) is 98.3 cm³/mol. The Morgan fingerprint density at radius 2 is 1.88 bits per heavy atom. The minimum atomic E-state index is -3.67. The average molecular weight is 363 g/mol. The molecule has 1 atom stereocenters. The van der Waals surface area contributed by atoms with Crippen molar-refractivity contribution in [3.8, 4) is 5.75 Å². The zero-order chi connectivity index (χ0) is 18.3.